The zero-order valence-electron chi connectivity index (χ0n) is 17.7. The van der Waals surface area contributed by atoms with E-state index in [2.05, 4.69) is 4.98 Å². The van der Waals surface area contributed by atoms with Gasteiger partial charge in [0.1, 0.15) is 5.75 Å². The Morgan fingerprint density at radius 1 is 1.22 bits per heavy atom. The molecule has 3 N–H and O–H groups in total. The molecule has 0 spiro atoms. The predicted molar refractivity (Wildman–Crippen MR) is 119 cm³/mol. The number of aromatic nitrogens is 1. The lowest BCUT2D eigenvalue weighted by atomic mass is 9.91. The fourth-order valence-electron chi connectivity index (χ4n) is 3.73. The number of methoxy groups -OCH3 is 1. The van der Waals surface area contributed by atoms with E-state index in [0.717, 1.165) is 0 Å². The predicted octanol–water partition coefficient (Wildman–Crippen LogP) is 2.18. The zero-order chi connectivity index (χ0) is 22.5. The van der Waals surface area contributed by atoms with Gasteiger partial charge in [0, 0.05) is 31.5 Å². The summed E-state index contributed by atoms with van der Waals surface area (Å²) in [6, 6.07) is 8.91. The highest BCUT2D eigenvalue weighted by Gasteiger charge is 2.55. The highest BCUT2D eigenvalue weighted by molar-refractivity contribution is 7.93. The Morgan fingerprint density at radius 2 is 1.88 bits per heavy atom. The number of rotatable bonds is 7. The van der Waals surface area contributed by atoms with E-state index in [-0.39, 0.29) is 36.9 Å². The maximum Gasteiger partial charge on any atom is 0.282 e. The molecule has 1 aliphatic rings. The molecule has 1 amide bonds. The van der Waals surface area contributed by atoms with E-state index < -0.39 is 26.5 Å². The Hall–Kier alpha value is -2.24. The van der Waals surface area contributed by atoms with E-state index in [1.54, 1.807) is 12.1 Å². The molecular formula is C21H28ClN3O6S. The second-order valence-electron chi connectivity index (χ2n) is 7.43. The molecule has 32 heavy (non-hydrogen) atoms. The first kappa shape index (κ1) is 26.0. The molecule has 0 radical (unpaired) electrons. The van der Waals surface area contributed by atoms with Gasteiger partial charge in [-0.15, -0.1) is 12.4 Å². The highest BCUT2D eigenvalue weighted by Crippen LogP contribution is 2.36. The van der Waals surface area contributed by atoms with Crippen LogP contribution < -0.4 is 10.5 Å². The van der Waals surface area contributed by atoms with Crippen LogP contribution in [0, 0.1) is 5.92 Å². The Bertz CT molecular complexity index is 982. The van der Waals surface area contributed by atoms with Crippen molar-refractivity contribution >= 4 is 28.2 Å². The smallest absolute Gasteiger partial charge is 0.282 e. The number of benzene rings is 1. The van der Waals surface area contributed by atoms with Crippen LogP contribution in [0.2, 0.25) is 0 Å². The van der Waals surface area contributed by atoms with Gasteiger partial charge in [-0.2, -0.15) is 0 Å². The maximum absolute atomic E-state index is 13.7. The quantitative estimate of drug-likeness (QED) is 0.450. The van der Waals surface area contributed by atoms with Gasteiger partial charge < -0.3 is 15.2 Å². The number of carbonyl (C=O) groups excluding carboxylic acids is 1. The molecule has 0 bridgehead atoms. The van der Waals surface area contributed by atoms with Crippen molar-refractivity contribution in [1.82, 2.24) is 10.0 Å². The normalized spacial score (nSPS) is 18.5. The second-order valence-corrected chi connectivity index (χ2v) is 9.58. The van der Waals surface area contributed by atoms with Gasteiger partial charge in [-0.25, -0.2) is 13.5 Å². The van der Waals surface area contributed by atoms with Crippen molar-refractivity contribution in [2.45, 2.75) is 35.6 Å². The van der Waals surface area contributed by atoms with Crippen LogP contribution in [0.5, 0.6) is 5.75 Å². The van der Waals surface area contributed by atoms with Gasteiger partial charge in [0.05, 0.1) is 18.6 Å². The number of nitrogens with two attached hydrogens (primary N) is 1. The van der Waals surface area contributed by atoms with Crippen LogP contribution in [0.25, 0.3) is 0 Å². The summed E-state index contributed by atoms with van der Waals surface area (Å²) in [7, 11) is -2.91. The summed E-state index contributed by atoms with van der Waals surface area (Å²) in [4.78, 5) is 14.8. The topological polar surface area (TPSA) is 132 Å². The van der Waals surface area contributed by atoms with Crippen molar-refractivity contribution in [3.8, 4) is 5.75 Å². The van der Waals surface area contributed by atoms with Crippen molar-refractivity contribution < 1.29 is 27.9 Å². The van der Waals surface area contributed by atoms with E-state index in [1.165, 1.54) is 43.8 Å². The summed E-state index contributed by atoms with van der Waals surface area (Å²) < 4.78 is 37.9. The minimum absolute atomic E-state index is 0. The number of hydroxylamine groups is 2. The molecule has 3 rings (SSSR count). The third kappa shape index (κ3) is 5.21. The number of pyridine rings is 1. The van der Waals surface area contributed by atoms with Gasteiger partial charge >= 0.3 is 0 Å². The average molecular weight is 486 g/mol. The van der Waals surface area contributed by atoms with Gasteiger partial charge in [-0.05, 0) is 61.2 Å². The zero-order valence-corrected chi connectivity index (χ0v) is 19.3. The van der Waals surface area contributed by atoms with Gasteiger partial charge in [-0.1, -0.05) is 0 Å². The first-order chi connectivity index (χ1) is 14.8. The number of sulfone groups is 1. The van der Waals surface area contributed by atoms with Crippen molar-refractivity contribution in [1.29, 1.82) is 0 Å². The van der Waals surface area contributed by atoms with Crippen LogP contribution in [0.3, 0.4) is 0 Å². The summed E-state index contributed by atoms with van der Waals surface area (Å²) in [5, 5.41) is 10.9. The molecule has 2 heterocycles. The van der Waals surface area contributed by atoms with Crippen LogP contribution in [0.4, 0.5) is 0 Å². The maximum atomic E-state index is 13.7. The first-order valence-electron chi connectivity index (χ1n) is 9.95. The van der Waals surface area contributed by atoms with Gasteiger partial charge in [0.2, 0.25) is 14.7 Å². The largest absolute Gasteiger partial charge is 0.497 e. The van der Waals surface area contributed by atoms with Crippen LogP contribution in [-0.2, 0) is 25.9 Å². The number of hydrogen-bond acceptors (Lipinski definition) is 8. The van der Waals surface area contributed by atoms with Crippen molar-refractivity contribution in [3.63, 3.8) is 0 Å². The number of halogens is 1. The van der Waals surface area contributed by atoms with Crippen molar-refractivity contribution in [2.75, 3.05) is 20.3 Å². The monoisotopic (exact) mass is 485 g/mol. The van der Waals surface area contributed by atoms with E-state index in [1.807, 2.05) is 0 Å². The second kappa shape index (κ2) is 11.1. The van der Waals surface area contributed by atoms with E-state index in [9.17, 15) is 18.4 Å². The number of carbonyl (C=O) groups is 1. The molecule has 0 aliphatic carbocycles. The summed E-state index contributed by atoms with van der Waals surface area (Å²) in [5.41, 5.74) is 7.06. The summed E-state index contributed by atoms with van der Waals surface area (Å²) in [5.74, 6) is -1.34. The number of amides is 1. The molecule has 1 aromatic carbocycles. The minimum Gasteiger partial charge on any atom is -0.497 e. The lowest BCUT2D eigenvalue weighted by Crippen LogP contribution is -2.64. The highest BCUT2D eigenvalue weighted by atomic mass is 35.5. The van der Waals surface area contributed by atoms with Crippen LogP contribution in [0.1, 0.15) is 24.8 Å². The Morgan fingerprint density at radius 3 is 2.50 bits per heavy atom. The van der Waals surface area contributed by atoms with E-state index >= 15 is 0 Å². The molecule has 0 saturated carbocycles. The third-order valence-electron chi connectivity index (χ3n) is 5.52. The third-order valence-corrected chi connectivity index (χ3v) is 7.81. The molecule has 2 atom stereocenters. The summed E-state index contributed by atoms with van der Waals surface area (Å²) >= 11 is 0. The van der Waals surface area contributed by atoms with Crippen molar-refractivity contribution in [3.05, 3.63) is 54.4 Å². The fourth-order valence-corrected chi connectivity index (χ4v) is 5.62. The van der Waals surface area contributed by atoms with Gasteiger partial charge in [0.15, 0.2) is 0 Å². The fraction of sp³-hybridized carbons (Fsp3) is 0.429. The number of ether oxygens (including phenoxy) is 2. The Kier molecular flexibility index (Phi) is 8.99. The standard InChI is InChI=1S/C21H27N3O6S.ClH/c1-29-18-4-6-19(7-5-18)31(27,28)21(22,17-3-2-13-30-14-10-17)20(25)24(26)15-16-8-11-23-12-9-16;/h4-9,11-12,17,26H,2-3,10,13-15,22H2,1H3;1H/t17?,21-;/m1./s1. The molecule has 1 unspecified atom stereocenters. The van der Waals surface area contributed by atoms with Gasteiger partial charge in [-0.3, -0.25) is 15.0 Å². The van der Waals surface area contributed by atoms with E-state index in [0.29, 0.717) is 35.8 Å². The van der Waals surface area contributed by atoms with Crippen LogP contribution >= 0.6 is 12.4 Å². The first-order valence-corrected chi connectivity index (χ1v) is 11.4. The minimum atomic E-state index is -4.37. The van der Waals surface area contributed by atoms with Crippen molar-refractivity contribution in [2.24, 2.45) is 11.7 Å². The lowest BCUT2D eigenvalue weighted by molar-refractivity contribution is -0.173. The lowest BCUT2D eigenvalue weighted by Gasteiger charge is -2.36. The molecule has 1 saturated heterocycles. The number of hydrogen-bond donors (Lipinski definition) is 2. The van der Waals surface area contributed by atoms with Crippen LogP contribution in [0.15, 0.2) is 53.7 Å². The molecule has 2 aromatic rings. The molecule has 1 aromatic heterocycles. The number of nitrogens with zero attached hydrogens (tertiary/aromatic N) is 2. The summed E-state index contributed by atoms with van der Waals surface area (Å²) in [6.07, 6.45) is 4.24. The molecular weight excluding hydrogens is 458 g/mol. The molecule has 9 nitrogen and oxygen atoms in total. The van der Waals surface area contributed by atoms with E-state index in [4.69, 9.17) is 15.2 Å². The summed E-state index contributed by atoms with van der Waals surface area (Å²) in [6.45, 7) is 0.523. The van der Waals surface area contributed by atoms with Gasteiger partial charge in [0.25, 0.3) is 5.91 Å². The Labute approximate surface area is 193 Å². The molecule has 11 heteroatoms. The van der Waals surface area contributed by atoms with Crippen LogP contribution in [-0.4, -0.2) is 54.8 Å². The Balaban J connectivity index is 0.00000363. The SMILES string of the molecule is COc1ccc(S(=O)(=O)[C@@](N)(C(=O)N(O)Cc2ccncc2)C2CCCOCC2)cc1.Cl. The average Bonchev–Trinajstić information content (AvgIpc) is 3.08. The molecule has 176 valence electrons. The molecule has 1 fully saturated rings. The molecule has 1 aliphatic heterocycles.